The summed E-state index contributed by atoms with van der Waals surface area (Å²) in [6, 6.07) is 17.5. The number of aryl methyl sites for hydroxylation is 2. The molecule has 128 valence electrons. The molecule has 6 nitrogen and oxygen atoms in total. The van der Waals surface area contributed by atoms with Crippen LogP contribution in [0.5, 0.6) is 5.88 Å². The van der Waals surface area contributed by atoms with Crippen molar-refractivity contribution in [2.75, 3.05) is 6.61 Å². The van der Waals surface area contributed by atoms with Crippen LogP contribution in [0.2, 0.25) is 0 Å². The van der Waals surface area contributed by atoms with Crippen molar-refractivity contribution in [3.05, 3.63) is 60.2 Å². The van der Waals surface area contributed by atoms with E-state index in [-0.39, 0.29) is 18.2 Å². The predicted octanol–water partition coefficient (Wildman–Crippen LogP) is 4.83. The van der Waals surface area contributed by atoms with Gasteiger partial charge in [-0.25, -0.2) is 4.79 Å². The van der Waals surface area contributed by atoms with Gasteiger partial charge in [-0.1, -0.05) is 53.6 Å². The van der Waals surface area contributed by atoms with E-state index in [9.17, 15) is 9.90 Å². The Kier molecular flexibility index (Phi) is 5.09. The molecule has 0 unspecified atom stereocenters. The van der Waals surface area contributed by atoms with Crippen LogP contribution in [0.3, 0.4) is 0 Å². The summed E-state index contributed by atoms with van der Waals surface area (Å²) in [5, 5.41) is 18.8. The number of aromatic hydroxyl groups is 1. The molecule has 6 heteroatoms. The number of fused-ring (bicyclic) bond motifs is 1. The first-order valence-corrected chi connectivity index (χ1v) is 8.13. The molecule has 0 saturated heterocycles. The molecule has 0 fully saturated rings. The SMILES string of the molecule is CCOC(=O)N=Nc1c(O)n(CCc2ccccc2)c2ccccc12. The van der Waals surface area contributed by atoms with Crippen LogP contribution in [0, 0.1) is 0 Å². The number of amides is 1. The van der Waals surface area contributed by atoms with Gasteiger partial charge in [-0.3, -0.25) is 0 Å². The summed E-state index contributed by atoms with van der Waals surface area (Å²) in [5.41, 5.74) is 2.29. The summed E-state index contributed by atoms with van der Waals surface area (Å²) in [5.74, 6) is -0.00909. The summed E-state index contributed by atoms with van der Waals surface area (Å²) in [6.45, 7) is 2.51. The number of hydrogen-bond donors (Lipinski definition) is 1. The Morgan fingerprint density at radius 2 is 1.84 bits per heavy atom. The van der Waals surface area contributed by atoms with Crippen molar-refractivity contribution >= 4 is 22.7 Å². The second kappa shape index (κ2) is 7.61. The van der Waals surface area contributed by atoms with E-state index in [0.717, 1.165) is 17.3 Å². The van der Waals surface area contributed by atoms with Gasteiger partial charge >= 0.3 is 6.09 Å². The van der Waals surface area contributed by atoms with Gasteiger partial charge < -0.3 is 14.4 Å². The normalized spacial score (nSPS) is 11.2. The topological polar surface area (TPSA) is 76.2 Å². The molecule has 0 spiro atoms. The van der Waals surface area contributed by atoms with E-state index in [0.29, 0.717) is 6.54 Å². The van der Waals surface area contributed by atoms with Crippen LogP contribution in [0.4, 0.5) is 10.5 Å². The van der Waals surface area contributed by atoms with E-state index in [1.54, 1.807) is 11.5 Å². The largest absolute Gasteiger partial charge is 0.493 e. The lowest BCUT2D eigenvalue weighted by molar-refractivity contribution is 0.162. The van der Waals surface area contributed by atoms with E-state index in [4.69, 9.17) is 4.74 Å². The lowest BCUT2D eigenvalue weighted by atomic mass is 10.1. The van der Waals surface area contributed by atoms with Gasteiger partial charge in [0.1, 0.15) is 0 Å². The second-order valence-electron chi connectivity index (χ2n) is 5.48. The lowest BCUT2D eigenvalue weighted by Crippen LogP contribution is -2.00. The molecule has 0 bridgehead atoms. The molecule has 0 aliphatic rings. The zero-order valence-corrected chi connectivity index (χ0v) is 13.9. The minimum absolute atomic E-state index is 0.00909. The van der Waals surface area contributed by atoms with Crippen molar-refractivity contribution in [3.8, 4) is 5.88 Å². The molecule has 0 aliphatic carbocycles. The highest BCUT2D eigenvalue weighted by Gasteiger charge is 2.16. The third-order valence-corrected chi connectivity index (χ3v) is 3.88. The minimum atomic E-state index is -0.775. The molecule has 1 amide bonds. The lowest BCUT2D eigenvalue weighted by Gasteiger charge is -2.07. The highest BCUT2D eigenvalue weighted by Crippen LogP contribution is 2.38. The van der Waals surface area contributed by atoms with Gasteiger partial charge in [-0.2, -0.15) is 0 Å². The fourth-order valence-corrected chi connectivity index (χ4v) is 2.73. The maximum absolute atomic E-state index is 11.4. The maximum atomic E-state index is 11.4. The van der Waals surface area contributed by atoms with Crippen LogP contribution >= 0.6 is 0 Å². The Bertz CT molecular complexity index is 901. The first-order chi connectivity index (χ1) is 12.2. The summed E-state index contributed by atoms with van der Waals surface area (Å²) < 4.78 is 6.52. The number of benzene rings is 2. The molecule has 1 heterocycles. The van der Waals surface area contributed by atoms with Gasteiger partial charge in [0.15, 0.2) is 5.69 Å². The quantitative estimate of drug-likeness (QED) is 0.677. The molecule has 3 rings (SSSR count). The van der Waals surface area contributed by atoms with Gasteiger partial charge in [-0.05, 0) is 25.0 Å². The molecule has 1 aromatic heterocycles. The number of carbonyl (C=O) groups is 1. The van der Waals surface area contributed by atoms with Crippen molar-refractivity contribution in [2.45, 2.75) is 19.9 Å². The first kappa shape index (κ1) is 16.7. The predicted molar refractivity (Wildman–Crippen MR) is 95.3 cm³/mol. The van der Waals surface area contributed by atoms with Crippen LogP contribution in [0.25, 0.3) is 10.9 Å². The average Bonchev–Trinajstić information content (AvgIpc) is 2.90. The number of ether oxygens (including phenoxy) is 1. The van der Waals surface area contributed by atoms with E-state index < -0.39 is 6.09 Å². The fraction of sp³-hybridized carbons (Fsp3) is 0.211. The van der Waals surface area contributed by atoms with Crippen molar-refractivity contribution in [1.29, 1.82) is 0 Å². The molecule has 3 aromatic rings. The van der Waals surface area contributed by atoms with E-state index in [1.165, 1.54) is 5.56 Å². The van der Waals surface area contributed by atoms with Gasteiger partial charge in [0.25, 0.3) is 0 Å². The Hall–Kier alpha value is -3.15. The van der Waals surface area contributed by atoms with Gasteiger partial charge in [0.2, 0.25) is 5.88 Å². The molecular weight excluding hydrogens is 318 g/mol. The summed E-state index contributed by atoms with van der Waals surface area (Å²) in [6.07, 6.45) is -0.00957. The average molecular weight is 337 g/mol. The number of azo groups is 1. The highest BCUT2D eigenvalue weighted by molar-refractivity contribution is 5.95. The van der Waals surface area contributed by atoms with Crippen LogP contribution < -0.4 is 0 Å². The molecule has 0 radical (unpaired) electrons. The van der Waals surface area contributed by atoms with Crippen molar-refractivity contribution < 1.29 is 14.6 Å². The molecule has 0 saturated carbocycles. The first-order valence-electron chi connectivity index (χ1n) is 8.13. The Morgan fingerprint density at radius 1 is 1.12 bits per heavy atom. The van der Waals surface area contributed by atoms with Gasteiger partial charge in [0.05, 0.1) is 12.1 Å². The zero-order chi connectivity index (χ0) is 17.6. The Labute approximate surface area is 145 Å². The van der Waals surface area contributed by atoms with E-state index in [1.807, 2.05) is 54.6 Å². The van der Waals surface area contributed by atoms with E-state index >= 15 is 0 Å². The standard InChI is InChI=1S/C19H19N3O3/c1-2-25-19(24)21-20-17-15-10-6-7-11-16(15)22(18(17)23)13-12-14-8-4-3-5-9-14/h3-11,23H,2,12-13H2,1H3. The maximum Gasteiger partial charge on any atom is 0.452 e. The third kappa shape index (κ3) is 3.68. The van der Waals surface area contributed by atoms with E-state index in [2.05, 4.69) is 10.2 Å². The highest BCUT2D eigenvalue weighted by atomic mass is 16.5. The number of para-hydroxylation sites is 1. The van der Waals surface area contributed by atoms with Gasteiger partial charge in [0, 0.05) is 11.9 Å². The monoisotopic (exact) mass is 337 g/mol. The van der Waals surface area contributed by atoms with Crippen LogP contribution in [0.15, 0.2) is 64.8 Å². The number of aromatic nitrogens is 1. The third-order valence-electron chi connectivity index (χ3n) is 3.88. The van der Waals surface area contributed by atoms with Crippen LogP contribution in [0.1, 0.15) is 12.5 Å². The summed E-state index contributed by atoms with van der Waals surface area (Å²) >= 11 is 0. The Balaban J connectivity index is 1.93. The summed E-state index contributed by atoms with van der Waals surface area (Å²) in [4.78, 5) is 11.4. The van der Waals surface area contributed by atoms with Crippen LogP contribution in [-0.4, -0.2) is 22.4 Å². The molecule has 25 heavy (non-hydrogen) atoms. The number of nitrogens with zero attached hydrogens (tertiary/aromatic N) is 3. The minimum Gasteiger partial charge on any atom is -0.493 e. The van der Waals surface area contributed by atoms with Gasteiger partial charge in [-0.15, -0.1) is 5.11 Å². The molecular formula is C19H19N3O3. The fourth-order valence-electron chi connectivity index (χ4n) is 2.73. The number of carbonyl (C=O) groups excluding carboxylic acids is 1. The number of rotatable bonds is 5. The molecule has 1 N–H and O–H groups in total. The molecule has 2 aromatic carbocycles. The van der Waals surface area contributed by atoms with Crippen molar-refractivity contribution in [3.63, 3.8) is 0 Å². The van der Waals surface area contributed by atoms with Crippen LogP contribution in [-0.2, 0) is 17.7 Å². The second-order valence-corrected chi connectivity index (χ2v) is 5.48. The smallest absolute Gasteiger partial charge is 0.452 e. The molecule has 0 atom stereocenters. The zero-order valence-electron chi connectivity index (χ0n) is 13.9. The summed E-state index contributed by atoms with van der Waals surface area (Å²) in [7, 11) is 0. The molecule has 0 aliphatic heterocycles. The number of hydrogen-bond acceptors (Lipinski definition) is 4. The Morgan fingerprint density at radius 3 is 2.60 bits per heavy atom. The van der Waals surface area contributed by atoms with Crippen molar-refractivity contribution in [2.24, 2.45) is 10.2 Å². The van der Waals surface area contributed by atoms with Crippen molar-refractivity contribution in [1.82, 2.24) is 4.57 Å².